The number of ether oxygens (including phenoxy) is 1. The topological polar surface area (TPSA) is 84.1 Å². The van der Waals surface area contributed by atoms with Gasteiger partial charge < -0.3 is 14.6 Å². The van der Waals surface area contributed by atoms with Crippen LogP contribution in [0, 0.1) is 25.2 Å². The summed E-state index contributed by atoms with van der Waals surface area (Å²) in [5, 5.41) is 12.4. The summed E-state index contributed by atoms with van der Waals surface area (Å²) in [5.41, 5.74) is 3.19. The molecule has 0 spiro atoms. The second-order valence-corrected chi connectivity index (χ2v) is 6.72. The van der Waals surface area contributed by atoms with Crippen LogP contribution < -0.4 is 5.32 Å². The van der Waals surface area contributed by atoms with Crippen LogP contribution in [-0.4, -0.2) is 23.1 Å². The zero-order valence-electron chi connectivity index (χ0n) is 16.1. The highest BCUT2D eigenvalue weighted by Crippen LogP contribution is 2.19. The molecule has 1 aromatic carbocycles. The monoisotopic (exact) mass is 399 g/mol. The SMILES string of the molecule is CCCn1c(C)cc(/C=C(\C#N)C(=O)OCC(=O)Nc2ccc(Cl)cc2)c1C. The number of halogens is 1. The van der Waals surface area contributed by atoms with Gasteiger partial charge in [-0.05, 0) is 62.2 Å². The number of carbonyl (C=O) groups excluding carboxylic acids is 2. The van der Waals surface area contributed by atoms with Crippen molar-refractivity contribution in [2.24, 2.45) is 0 Å². The molecule has 1 heterocycles. The Balaban J connectivity index is 2.02. The van der Waals surface area contributed by atoms with Gasteiger partial charge in [0.05, 0.1) is 0 Å². The fraction of sp³-hybridized carbons (Fsp3) is 0.286. The fourth-order valence-electron chi connectivity index (χ4n) is 2.77. The van der Waals surface area contributed by atoms with Gasteiger partial charge in [-0.25, -0.2) is 4.79 Å². The molecule has 2 rings (SSSR count). The fourth-order valence-corrected chi connectivity index (χ4v) is 2.90. The van der Waals surface area contributed by atoms with Crippen LogP contribution in [0.1, 0.15) is 30.3 Å². The van der Waals surface area contributed by atoms with E-state index in [2.05, 4.69) is 16.8 Å². The third-order valence-corrected chi connectivity index (χ3v) is 4.41. The number of nitriles is 1. The predicted octanol–water partition coefficient (Wildman–Crippen LogP) is 4.26. The maximum atomic E-state index is 12.2. The van der Waals surface area contributed by atoms with Crippen molar-refractivity contribution in [1.29, 1.82) is 5.26 Å². The molecule has 6 nitrogen and oxygen atoms in total. The van der Waals surface area contributed by atoms with Crippen molar-refractivity contribution >= 4 is 35.2 Å². The lowest BCUT2D eigenvalue weighted by molar-refractivity contribution is -0.142. The maximum absolute atomic E-state index is 12.2. The number of nitrogens with one attached hydrogen (secondary N) is 1. The molecule has 0 radical (unpaired) electrons. The summed E-state index contributed by atoms with van der Waals surface area (Å²) < 4.78 is 7.11. The third-order valence-electron chi connectivity index (χ3n) is 4.16. The van der Waals surface area contributed by atoms with E-state index in [0.29, 0.717) is 10.7 Å². The van der Waals surface area contributed by atoms with Gasteiger partial charge in [-0.1, -0.05) is 18.5 Å². The predicted molar refractivity (Wildman–Crippen MR) is 109 cm³/mol. The summed E-state index contributed by atoms with van der Waals surface area (Å²) in [6.45, 7) is 6.37. The Morgan fingerprint density at radius 2 is 1.96 bits per heavy atom. The van der Waals surface area contributed by atoms with E-state index in [1.54, 1.807) is 24.3 Å². The number of benzene rings is 1. The molecule has 7 heteroatoms. The molecule has 0 aliphatic heterocycles. The first kappa shape index (κ1) is 21.3. The van der Waals surface area contributed by atoms with Gasteiger partial charge in [0.15, 0.2) is 6.61 Å². The molecule has 2 aromatic rings. The van der Waals surface area contributed by atoms with E-state index in [9.17, 15) is 14.9 Å². The molecule has 0 fully saturated rings. The quantitative estimate of drug-likeness (QED) is 0.428. The largest absolute Gasteiger partial charge is 0.451 e. The van der Waals surface area contributed by atoms with E-state index < -0.39 is 18.5 Å². The maximum Gasteiger partial charge on any atom is 0.349 e. The third kappa shape index (κ3) is 5.48. The second kappa shape index (κ2) is 9.77. The molecule has 1 N–H and O–H groups in total. The van der Waals surface area contributed by atoms with E-state index in [4.69, 9.17) is 16.3 Å². The minimum absolute atomic E-state index is 0.156. The summed E-state index contributed by atoms with van der Waals surface area (Å²) in [7, 11) is 0. The zero-order valence-corrected chi connectivity index (χ0v) is 16.8. The molecule has 0 saturated heterocycles. The zero-order chi connectivity index (χ0) is 20.7. The van der Waals surface area contributed by atoms with Gasteiger partial charge in [0.25, 0.3) is 5.91 Å². The standard InChI is InChI=1S/C21H22ClN3O3/c1-4-9-25-14(2)10-16(15(25)3)11-17(12-23)21(27)28-13-20(26)24-19-7-5-18(22)6-8-19/h5-8,10-11H,4,9,13H2,1-3H3,(H,24,26)/b17-11+. The van der Waals surface area contributed by atoms with E-state index in [0.717, 1.165) is 29.9 Å². The molecule has 0 bridgehead atoms. The average molecular weight is 400 g/mol. The lowest BCUT2D eigenvalue weighted by Gasteiger charge is -2.07. The minimum Gasteiger partial charge on any atom is -0.451 e. The number of carbonyl (C=O) groups is 2. The van der Waals surface area contributed by atoms with Crippen molar-refractivity contribution in [3.8, 4) is 6.07 Å². The van der Waals surface area contributed by atoms with Crippen molar-refractivity contribution in [1.82, 2.24) is 4.57 Å². The van der Waals surface area contributed by atoms with Gasteiger partial charge in [0.1, 0.15) is 11.6 Å². The summed E-state index contributed by atoms with van der Waals surface area (Å²) in [5.74, 6) is -1.34. The lowest BCUT2D eigenvalue weighted by atomic mass is 10.1. The first-order valence-corrected chi connectivity index (χ1v) is 9.24. The first-order valence-electron chi connectivity index (χ1n) is 8.86. The van der Waals surface area contributed by atoms with Gasteiger partial charge in [0, 0.05) is 28.6 Å². The van der Waals surface area contributed by atoms with Crippen LogP contribution in [0.15, 0.2) is 35.9 Å². The number of hydrogen-bond acceptors (Lipinski definition) is 4. The molecule has 0 saturated carbocycles. The first-order chi connectivity index (χ1) is 13.3. The number of aryl methyl sites for hydroxylation is 1. The van der Waals surface area contributed by atoms with E-state index in [1.165, 1.54) is 6.08 Å². The lowest BCUT2D eigenvalue weighted by Crippen LogP contribution is -2.21. The Labute approximate surface area is 169 Å². The van der Waals surface area contributed by atoms with Crippen LogP contribution in [0.25, 0.3) is 6.08 Å². The number of esters is 1. The Morgan fingerprint density at radius 1 is 1.29 bits per heavy atom. The van der Waals surface area contributed by atoms with E-state index in [-0.39, 0.29) is 5.57 Å². The highest BCUT2D eigenvalue weighted by atomic mass is 35.5. The van der Waals surface area contributed by atoms with Crippen LogP contribution in [0.4, 0.5) is 5.69 Å². The second-order valence-electron chi connectivity index (χ2n) is 6.28. The molecule has 1 amide bonds. The molecule has 0 atom stereocenters. The van der Waals surface area contributed by atoms with Gasteiger partial charge in [-0.2, -0.15) is 5.26 Å². The van der Waals surface area contributed by atoms with Crippen LogP contribution in [0.3, 0.4) is 0 Å². The Kier molecular flexibility index (Phi) is 7.42. The minimum atomic E-state index is -0.839. The molecule has 0 aliphatic carbocycles. The molecular weight excluding hydrogens is 378 g/mol. The Bertz CT molecular complexity index is 937. The van der Waals surface area contributed by atoms with Crippen molar-refractivity contribution in [3.05, 3.63) is 57.9 Å². The summed E-state index contributed by atoms with van der Waals surface area (Å²) in [6, 6.07) is 10.3. The van der Waals surface area contributed by atoms with Crippen LogP contribution in [-0.2, 0) is 20.9 Å². The van der Waals surface area contributed by atoms with Crippen molar-refractivity contribution in [2.45, 2.75) is 33.7 Å². The number of hydrogen-bond donors (Lipinski definition) is 1. The van der Waals surface area contributed by atoms with Crippen molar-refractivity contribution in [3.63, 3.8) is 0 Å². The van der Waals surface area contributed by atoms with Crippen LogP contribution >= 0.6 is 11.6 Å². The summed E-state index contributed by atoms with van der Waals surface area (Å²) in [4.78, 5) is 24.1. The molecule has 0 unspecified atom stereocenters. The number of amides is 1. The summed E-state index contributed by atoms with van der Waals surface area (Å²) >= 11 is 5.79. The number of aromatic nitrogens is 1. The molecule has 146 valence electrons. The Hall–Kier alpha value is -3.04. The van der Waals surface area contributed by atoms with Crippen molar-refractivity contribution < 1.29 is 14.3 Å². The van der Waals surface area contributed by atoms with E-state index in [1.807, 2.05) is 26.0 Å². The molecule has 0 aliphatic rings. The van der Waals surface area contributed by atoms with Gasteiger partial charge in [-0.15, -0.1) is 0 Å². The normalized spacial score (nSPS) is 11.0. The van der Waals surface area contributed by atoms with Crippen LogP contribution in [0.2, 0.25) is 5.02 Å². The van der Waals surface area contributed by atoms with Gasteiger partial charge >= 0.3 is 5.97 Å². The molecular formula is C21H22ClN3O3. The van der Waals surface area contributed by atoms with E-state index >= 15 is 0 Å². The highest BCUT2D eigenvalue weighted by molar-refractivity contribution is 6.30. The molecule has 28 heavy (non-hydrogen) atoms. The van der Waals surface area contributed by atoms with Crippen LogP contribution in [0.5, 0.6) is 0 Å². The number of nitrogens with zero attached hydrogens (tertiary/aromatic N) is 2. The average Bonchev–Trinajstić information content (AvgIpc) is 2.93. The van der Waals surface area contributed by atoms with Crippen molar-refractivity contribution in [2.75, 3.05) is 11.9 Å². The summed E-state index contributed by atoms with van der Waals surface area (Å²) in [6.07, 6.45) is 2.48. The molecule has 1 aromatic heterocycles. The highest BCUT2D eigenvalue weighted by Gasteiger charge is 2.15. The Morgan fingerprint density at radius 3 is 2.57 bits per heavy atom. The number of rotatable bonds is 7. The van der Waals surface area contributed by atoms with Gasteiger partial charge in [0.2, 0.25) is 0 Å². The smallest absolute Gasteiger partial charge is 0.349 e. The number of anilines is 1. The van der Waals surface area contributed by atoms with Gasteiger partial charge in [-0.3, -0.25) is 4.79 Å².